The maximum Gasteiger partial charge on any atom is 0.250 e. The number of ketones is 1. The average molecular weight is 604 g/mol. The molecule has 234 valence electrons. The third kappa shape index (κ3) is 4.41. The lowest BCUT2D eigenvalue weighted by atomic mass is 9.56. The lowest BCUT2D eigenvalue weighted by Crippen LogP contribution is -2.66. The smallest absolute Gasteiger partial charge is 0.250 e. The quantitative estimate of drug-likeness (QED) is 0.318. The largest absolute Gasteiger partial charge is 0.804 e. The number of benzene rings is 2. The van der Waals surface area contributed by atoms with E-state index in [4.69, 9.17) is 10.5 Å². The van der Waals surface area contributed by atoms with Crippen molar-refractivity contribution in [3.63, 3.8) is 0 Å². The molecule has 1 fully saturated rings. The first-order valence-corrected chi connectivity index (χ1v) is 14.4. The van der Waals surface area contributed by atoms with E-state index in [0.29, 0.717) is 23.4 Å². The van der Waals surface area contributed by atoms with E-state index in [-0.39, 0.29) is 35.3 Å². The molecular weight excluding hydrogens is 564 g/mol. The summed E-state index contributed by atoms with van der Waals surface area (Å²) in [6.45, 7) is 4.57. The Bertz CT molecular complexity index is 1630. The number of fused-ring (bicyclic) bond motifs is 3. The van der Waals surface area contributed by atoms with Gasteiger partial charge in [-0.25, -0.2) is 0 Å². The van der Waals surface area contributed by atoms with Gasteiger partial charge in [-0.3, -0.25) is 19.4 Å². The van der Waals surface area contributed by atoms with Crippen LogP contribution < -0.4 is 10.5 Å². The van der Waals surface area contributed by atoms with Crippen LogP contribution in [-0.2, 0) is 28.1 Å². The van der Waals surface area contributed by atoms with Crippen LogP contribution >= 0.6 is 0 Å². The number of carbonyl (C=O) groups excluding carboxylic acids is 2. The second-order valence-corrected chi connectivity index (χ2v) is 12.7. The van der Waals surface area contributed by atoms with Crippen molar-refractivity contribution in [2.24, 2.45) is 17.6 Å². The normalized spacial score (nSPS) is 25.2. The minimum Gasteiger partial charge on any atom is -0.804 e. The van der Waals surface area contributed by atoms with E-state index in [1.165, 1.54) is 18.1 Å². The summed E-state index contributed by atoms with van der Waals surface area (Å²) in [6.07, 6.45) is 0.205. The summed E-state index contributed by atoms with van der Waals surface area (Å²) >= 11 is 0. The topological polar surface area (TPSA) is 179 Å². The number of aliphatic hydroxyl groups is 3. The van der Waals surface area contributed by atoms with Gasteiger partial charge in [0.15, 0.2) is 5.78 Å². The molecule has 2 aromatic rings. The lowest BCUT2D eigenvalue weighted by Gasteiger charge is -2.54. The molecule has 0 aromatic heterocycles. The molecule has 0 unspecified atom stereocenters. The fourth-order valence-corrected chi connectivity index (χ4v) is 7.27. The first-order valence-electron chi connectivity index (χ1n) is 14.4. The molecule has 4 atom stereocenters. The first-order chi connectivity index (χ1) is 20.6. The third-order valence-electron chi connectivity index (χ3n) is 9.82. The first kappa shape index (κ1) is 31.2. The number of ether oxygens (including phenoxy) is 1. The Kier molecular flexibility index (Phi) is 7.64. The van der Waals surface area contributed by atoms with Gasteiger partial charge in [-0.2, -0.15) is 0 Å². The molecule has 5 rings (SSSR count). The molecule has 11 nitrogen and oxygen atoms in total. The average Bonchev–Trinajstić information content (AvgIpc) is 2.95. The highest BCUT2D eigenvalue weighted by Gasteiger charge is 2.60. The van der Waals surface area contributed by atoms with Crippen molar-refractivity contribution in [3.8, 4) is 11.5 Å². The summed E-state index contributed by atoms with van der Waals surface area (Å²) < 4.78 is 5.88. The summed E-state index contributed by atoms with van der Waals surface area (Å²) in [6, 6.07) is 10.5. The number of likely N-dealkylation sites (N-methyl/N-ethyl adjacent to an activating group) is 1. The molecule has 1 saturated carbocycles. The Hall–Kier alpha value is -4.19. The standard InChI is InChI=1S/C33H39N4O7/c1-32(2,18-10-8-7-9-11-18)37(5)15-17-14-21(38)23-19(28(17)44-6)12-16-13-20-25(36(3)4)27(40)24(31(35)42)29(34)33(20,43)30(41)22(16)26(23)39/h7-11,14,16,20,25,38-40,43H,12-13,15H2,1-6H3,(H2,35,42)/q-1/t16-,20-,25-,33+/m0/s1. The van der Waals surface area contributed by atoms with Gasteiger partial charge in [0.1, 0.15) is 28.6 Å². The van der Waals surface area contributed by atoms with Crippen LogP contribution in [0, 0.1) is 11.8 Å². The van der Waals surface area contributed by atoms with Gasteiger partial charge in [0.2, 0.25) is 0 Å². The van der Waals surface area contributed by atoms with E-state index >= 15 is 0 Å². The molecule has 0 aliphatic heterocycles. The van der Waals surface area contributed by atoms with Gasteiger partial charge in [0, 0.05) is 34.7 Å². The maximum absolute atomic E-state index is 14.1. The Balaban J connectivity index is 1.61. The van der Waals surface area contributed by atoms with Crippen LogP contribution in [0.5, 0.6) is 11.5 Å². The molecule has 3 aliphatic carbocycles. The molecule has 0 bridgehead atoms. The number of nitrogens with two attached hydrogens (primary N) is 1. The van der Waals surface area contributed by atoms with Gasteiger partial charge < -0.3 is 36.3 Å². The number of amides is 1. The van der Waals surface area contributed by atoms with Gasteiger partial charge in [-0.15, -0.1) is 5.71 Å². The molecule has 1 amide bonds. The second-order valence-electron chi connectivity index (χ2n) is 12.7. The summed E-state index contributed by atoms with van der Waals surface area (Å²) in [5.74, 6) is -4.89. The molecular formula is C33H39N4O7-. The zero-order chi connectivity index (χ0) is 32.5. The second kappa shape index (κ2) is 10.8. The zero-order valence-corrected chi connectivity index (χ0v) is 25.8. The lowest BCUT2D eigenvalue weighted by molar-refractivity contribution is -0.138. The van der Waals surface area contributed by atoms with Crippen molar-refractivity contribution in [3.05, 3.63) is 81.0 Å². The monoisotopic (exact) mass is 603 g/mol. The van der Waals surface area contributed by atoms with Crippen molar-refractivity contribution in [2.75, 3.05) is 28.3 Å². The SMILES string of the molecule is COc1c(CN(C)C(C)(C)c2ccccc2)cc(O)c2c1C[C@H]1C[C@H]3[C@H](N(C)C)C(O)=C(C(N)=O)C(=[N-])[C@@]3(O)C(=O)C1=C2O. The Morgan fingerprint density at radius 1 is 1.16 bits per heavy atom. The molecule has 0 spiro atoms. The van der Waals surface area contributed by atoms with Crippen molar-refractivity contribution in [1.29, 1.82) is 0 Å². The van der Waals surface area contributed by atoms with E-state index in [1.54, 1.807) is 14.1 Å². The predicted octanol–water partition coefficient (Wildman–Crippen LogP) is 2.78. The number of aromatic hydroxyl groups is 1. The highest BCUT2D eigenvalue weighted by Crippen LogP contribution is 2.54. The third-order valence-corrected chi connectivity index (χ3v) is 9.82. The highest BCUT2D eigenvalue weighted by atomic mass is 16.5. The van der Waals surface area contributed by atoms with Crippen molar-refractivity contribution in [1.82, 2.24) is 9.80 Å². The number of phenols is 1. The Labute approximate surface area is 256 Å². The van der Waals surface area contributed by atoms with Gasteiger partial charge in [-0.1, -0.05) is 30.3 Å². The van der Waals surface area contributed by atoms with Gasteiger partial charge in [0.05, 0.1) is 24.3 Å². The number of carbonyl (C=O) groups is 2. The number of nitrogens with zero attached hydrogens (tertiary/aromatic N) is 3. The van der Waals surface area contributed by atoms with Crippen LogP contribution in [0.3, 0.4) is 0 Å². The molecule has 0 saturated heterocycles. The number of aliphatic hydroxyl groups excluding tert-OH is 2. The van der Waals surface area contributed by atoms with Crippen LogP contribution in [0.4, 0.5) is 0 Å². The van der Waals surface area contributed by atoms with Gasteiger partial charge in [-0.05, 0) is 65.4 Å². The summed E-state index contributed by atoms with van der Waals surface area (Å²) in [4.78, 5) is 29.9. The number of Topliss-reactive ketones (excluding diaryl/α,β-unsaturated/α-hetero) is 1. The molecule has 0 heterocycles. The number of methoxy groups -OCH3 is 1. The number of hydrogen-bond donors (Lipinski definition) is 5. The van der Waals surface area contributed by atoms with Crippen LogP contribution in [0.1, 0.15) is 42.5 Å². The fraction of sp³-hybridized carbons (Fsp3) is 0.424. The van der Waals surface area contributed by atoms with E-state index in [1.807, 2.05) is 37.4 Å². The Morgan fingerprint density at radius 3 is 2.36 bits per heavy atom. The number of phenolic OH excluding ortho intramolecular Hbond substituents is 1. The number of hydrogen-bond acceptors (Lipinski definition) is 9. The number of rotatable bonds is 7. The maximum atomic E-state index is 14.1. The summed E-state index contributed by atoms with van der Waals surface area (Å²) in [7, 11) is 6.68. The highest BCUT2D eigenvalue weighted by molar-refractivity contribution is 6.35. The van der Waals surface area contributed by atoms with Gasteiger partial charge >= 0.3 is 0 Å². The van der Waals surface area contributed by atoms with E-state index in [9.17, 15) is 35.4 Å². The molecule has 0 radical (unpaired) electrons. The van der Waals surface area contributed by atoms with Crippen LogP contribution in [0.25, 0.3) is 11.2 Å². The van der Waals surface area contributed by atoms with Crippen molar-refractivity contribution < 1.29 is 34.8 Å². The molecule has 6 N–H and O–H groups in total. The summed E-state index contributed by atoms with van der Waals surface area (Å²) in [5, 5.41) is 56.6. The summed E-state index contributed by atoms with van der Waals surface area (Å²) in [5.41, 5.74) is 2.71. The molecule has 3 aliphatic rings. The van der Waals surface area contributed by atoms with Crippen molar-refractivity contribution in [2.45, 2.75) is 50.4 Å². The zero-order valence-electron chi connectivity index (χ0n) is 25.8. The minimum absolute atomic E-state index is 0.00481. The minimum atomic E-state index is -2.64. The van der Waals surface area contributed by atoms with Crippen LogP contribution in [0.2, 0.25) is 0 Å². The van der Waals surface area contributed by atoms with Crippen LogP contribution in [0.15, 0.2) is 53.3 Å². The van der Waals surface area contributed by atoms with Crippen LogP contribution in [-0.4, -0.2) is 87.5 Å². The Morgan fingerprint density at radius 2 is 1.80 bits per heavy atom. The fourth-order valence-electron chi connectivity index (χ4n) is 7.27. The number of primary amides is 1. The van der Waals surface area contributed by atoms with Crippen molar-refractivity contribution >= 4 is 23.2 Å². The predicted molar refractivity (Wildman–Crippen MR) is 165 cm³/mol. The van der Waals surface area contributed by atoms with E-state index < -0.39 is 58.0 Å². The van der Waals surface area contributed by atoms with E-state index in [2.05, 4.69) is 18.7 Å². The van der Waals surface area contributed by atoms with Gasteiger partial charge in [0.25, 0.3) is 5.91 Å². The van der Waals surface area contributed by atoms with E-state index in [0.717, 1.165) is 5.56 Å². The molecule has 11 heteroatoms. The molecule has 44 heavy (non-hydrogen) atoms. The molecule has 2 aromatic carbocycles.